The van der Waals surface area contributed by atoms with Gasteiger partial charge in [0.15, 0.2) is 0 Å². The van der Waals surface area contributed by atoms with Crippen molar-refractivity contribution in [2.75, 3.05) is 14.2 Å². The predicted octanol–water partition coefficient (Wildman–Crippen LogP) is 3.17. The standard InChI is InChI=1S/C21H20O4Se/c1-12-5-8-14(9-6-12)18-15-10-7-13(2)11-16(15)17(20(22)24-3)19(26-18)21(23)25-4/h5-11,18H,1-4H3. The van der Waals surface area contributed by atoms with Crippen LogP contribution in [-0.2, 0) is 19.1 Å². The number of methoxy groups -OCH3 is 2. The number of benzene rings is 2. The van der Waals surface area contributed by atoms with Crippen LogP contribution in [0.3, 0.4) is 0 Å². The molecular formula is C21H20O4Se. The molecule has 1 unspecified atom stereocenters. The van der Waals surface area contributed by atoms with Crippen LogP contribution in [0.5, 0.6) is 0 Å². The van der Waals surface area contributed by atoms with Crippen LogP contribution in [0.15, 0.2) is 46.9 Å². The fourth-order valence-electron chi connectivity index (χ4n) is 3.01. The summed E-state index contributed by atoms with van der Waals surface area (Å²) in [4.78, 5) is 25.0. The van der Waals surface area contributed by atoms with Crippen LogP contribution in [-0.4, -0.2) is 41.1 Å². The van der Waals surface area contributed by atoms with E-state index in [9.17, 15) is 9.59 Å². The zero-order valence-electron chi connectivity index (χ0n) is 15.2. The van der Waals surface area contributed by atoms with E-state index >= 15 is 0 Å². The number of carbonyl (C=O) groups is 2. The van der Waals surface area contributed by atoms with Crippen molar-refractivity contribution in [2.45, 2.75) is 18.7 Å². The van der Waals surface area contributed by atoms with Crippen molar-refractivity contribution in [1.82, 2.24) is 0 Å². The average Bonchev–Trinajstić information content (AvgIpc) is 2.66. The molecule has 4 nitrogen and oxygen atoms in total. The number of esters is 2. The summed E-state index contributed by atoms with van der Waals surface area (Å²) in [6.07, 6.45) is 0. The van der Waals surface area contributed by atoms with Gasteiger partial charge in [0.05, 0.1) is 0 Å². The van der Waals surface area contributed by atoms with Crippen molar-refractivity contribution in [3.8, 4) is 0 Å². The van der Waals surface area contributed by atoms with Gasteiger partial charge in [-0.05, 0) is 0 Å². The van der Waals surface area contributed by atoms with Gasteiger partial charge in [0, 0.05) is 0 Å². The van der Waals surface area contributed by atoms with Gasteiger partial charge >= 0.3 is 159 Å². The number of ether oxygens (including phenoxy) is 2. The Morgan fingerprint density at radius 3 is 2.12 bits per heavy atom. The van der Waals surface area contributed by atoms with E-state index < -0.39 is 11.9 Å². The first-order chi connectivity index (χ1) is 12.5. The van der Waals surface area contributed by atoms with Crippen molar-refractivity contribution in [1.29, 1.82) is 0 Å². The SMILES string of the molecule is COC(=O)C1=C(C(=O)OC)c2cc(C)ccc2C(c2ccc(C)cc2)[Se]1. The fourth-order valence-corrected chi connectivity index (χ4v) is 5.85. The number of aryl methyl sites for hydroxylation is 2. The molecule has 0 aromatic heterocycles. The van der Waals surface area contributed by atoms with Crippen molar-refractivity contribution >= 4 is 32.5 Å². The summed E-state index contributed by atoms with van der Waals surface area (Å²) < 4.78 is 10.4. The van der Waals surface area contributed by atoms with E-state index in [4.69, 9.17) is 9.47 Å². The summed E-state index contributed by atoms with van der Waals surface area (Å²) in [6.45, 7) is 4.01. The summed E-state index contributed by atoms with van der Waals surface area (Å²) in [5, 5.41) is 0. The first-order valence-corrected chi connectivity index (χ1v) is 10.1. The molecule has 2 aromatic rings. The molecule has 134 valence electrons. The quantitative estimate of drug-likeness (QED) is 0.571. The van der Waals surface area contributed by atoms with Crippen LogP contribution < -0.4 is 0 Å². The van der Waals surface area contributed by atoms with Gasteiger partial charge in [-0.1, -0.05) is 0 Å². The Morgan fingerprint density at radius 1 is 0.885 bits per heavy atom. The molecule has 2 aromatic carbocycles. The molecule has 0 aliphatic carbocycles. The van der Waals surface area contributed by atoms with Gasteiger partial charge in [0.1, 0.15) is 0 Å². The Bertz CT molecular complexity index is 897. The molecule has 1 aliphatic rings. The second-order valence-corrected chi connectivity index (χ2v) is 8.53. The van der Waals surface area contributed by atoms with Gasteiger partial charge < -0.3 is 0 Å². The van der Waals surface area contributed by atoms with Crippen molar-refractivity contribution in [3.05, 3.63) is 74.8 Å². The normalized spacial score (nSPS) is 16.1. The van der Waals surface area contributed by atoms with E-state index in [0.717, 1.165) is 22.3 Å². The third-order valence-corrected chi connectivity index (χ3v) is 7.23. The predicted molar refractivity (Wildman–Crippen MR) is 101 cm³/mol. The van der Waals surface area contributed by atoms with E-state index in [2.05, 4.69) is 24.3 Å². The molecule has 0 radical (unpaired) electrons. The van der Waals surface area contributed by atoms with Crippen molar-refractivity contribution in [2.24, 2.45) is 0 Å². The molecule has 1 aliphatic heterocycles. The van der Waals surface area contributed by atoms with Gasteiger partial charge in [-0.3, -0.25) is 0 Å². The summed E-state index contributed by atoms with van der Waals surface area (Å²) >= 11 is -0.297. The molecule has 0 bridgehead atoms. The molecule has 0 spiro atoms. The number of fused-ring (bicyclic) bond motifs is 1. The maximum absolute atomic E-state index is 12.5. The number of hydrogen-bond acceptors (Lipinski definition) is 4. The Balaban J connectivity index is 2.25. The van der Waals surface area contributed by atoms with E-state index in [-0.39, 0.29) is 19.8 Å². The van der Waals surface area contributed by atoms with Crippen LogP contribution in [0.25, 0.3) is 5.57 Å². The Labute approximate surface area is 159 Å². The third-order valence-electron chi connectivity index (χ3n) is 4.36. The van der Waals surface area contributed by atoms with Gasteiger partial charge in [-0.2, -0.15) is 0 Å². The van der Waals surface area contributed by atoms with E-state index in [1.54, 1.807) is 0 Å². The Kier molecular flexibility index (Phi) is 5.30. The van der Waals surface area contributed by atoms with Crippen LogP contribution in [0.4, 0.5) is 0 Å². The van der Waals surface area contributed by atoms with Gasteiger partial charge in [0.25, 0.3) is 0 Å². The molecule has 0 saturated heterocycles. The van der Waals surface area contributed by atoms with Crippen molar-refractivity contribution < 1.29 is 19.1 Å². The number of carbonyl (C=O) groups excluding carboxylic acids is 2. The van der Waals surface area contributed by atoms with Crippen LogP contribution in [0.2, 0.25) is 0 Å². The molecule has 5 heteroatoms. The molecule has 3 rings (SSSR count). The fraction of sp³-hybridized carbons (Fsp3) is 0.238. The number of hydrogen-bond donors (Lipinski definition) is 0. The molecular weight excluding hydrogens is 395 g/mol. The second kappa shape index (κ2) is 7.48. The molecule has 1 heterocycles. The summed E-state index contributed by atoms with van der Waals surface area (Å²) in [6, 6.07) is 14.3. The van der Waals surface area contributed by atoms with Crippen LogP contribution in [0, 0.1) is 13.8 Å². The van der Waals surface area contributed by atoms with E-state index in [0.29, 0.717) is 10.0 Å². The maximum atomic E-state index is 12.5. The van der Waals surface area contributed by atoms with Gasteiger partial charge in [-0.25, -0.2) is 0 Å². The monoisotopic (exact) mass is 416 g/mol. The Hall–Kier alpha value is -2.36. The third kappa shape index (κ3) is 3.33. The molecule has 0 fully saturated rings. The second-order valence-electron chi connectivity index (χ2n) is 6.19. The first-order valence-electron chi connectivity index (χ1n) is 8.21. The topological polar surface area (TPSA) is 52.6 Å². The van der Waals surface area contributed by atoms with Crippen LogP contribution in [0.1, 0.15) is 32.6 Å². The summed E-state index contributed by atoms with van der Waals surface area (Å²) in [7, 11) is 2.67. The molecule has 0 amide bonds. The molecule has 26 heavy (non-hydrogen) atoms. The minimum atomic E-state index is -0.499. The van der Waals surface area contributed by atoms with Gasteiger partial charge in [-0.15, -0.1) is 0 Å². The minimum absolute atomic E-state index is 0.0428. The van der Waals surface area contributed by atoms with Gasteiger partial charge in [0.2, 0.25) is 0 Å². The summed E-state index contributed by atoms with van der Waals surface area (Å²) in [5.41, 5.74) is 5.47. The number of rotatable bonds is 3. The first kappa shape index (κ1) is 18.4. The average molecular weight is 415 g/mol. The molecule has 0 N–H and O–H groups in total. The molecule has 1 atom stereocenters. The van der Waals surface area contributed by atoms with E-state index in [1.807, 2.05) is 32.0 Å². The Morgan fingerprint density at radius 2 is 1.50 bits per heavy atom. The summed E-state index contributed by atoms with van der Waals surface area (Å²) in [5.74, 6) is -0.962. The van der Waals surface area contributed by atoms with Crippen LogP contribution >= 0.6 is 0 Å². The molecule has 0 saturated carbocycles. The van der Waals surface area contributed by atoms with E-state index in [1.165, 1.54) is 19.8 Å². The zero-order chi connectivity index (χ0) is 18.8. The van der Waals surface area contributed by atoms with Crippen molar-refractivity contribution in [3.63, 3.8) is 0 Å². The zero-order valence-corrected chi connectivity index (χ0v) is 16.9.